The molecule has 0 atom stereocenters. The lowest BCUT2D eigenvalue weighted by Gasteiger charge is -2.06. The van der Waals surface area contributed by atoms with Crippen LogP contribution in [-0.4, -0.2) is 11.1 Å². The average Bonchev–Trinajstić information content (AvgIpc) is 3.02. The van der Waals surface area contributed by atoms with E-state index in [9.17, 15) is 4.79 Å². The number of nitrogens with zero attached hydrogens (tertiary/aromatic N) is 1. The monoisotopic (exact) mass is 372 g/mol. The van der Waals surface area contributed by atoms with E-state index in [1.807, 2.05) is 91.0 Å². The van der Waals surface area contributed by atoms with E-state index >= 15 is 0 Å². The Hall–Kier alpha value is -3.31. The fourth-order valence-electron chi connectivity index (χ4n) is 2.54. The molecule has 3 aromatic carbocycles. The smallest absolute Gasteiger partial charge is 0.264 e. The zero-order valence-corrected chi connectivity index (χ0v) is 15.1. The van der Waals surface area contributed by atoms with Gasteiger partial charge in [0.1, 0.15) is 11.5 Å². The predicted molar refractivity (Wildman–Crippen MR) is 110 cm³/mol. The first-order valence-electron chi connectivity index (χ1n) is 8.44. The largest absolute Gasteiger partial charge is 0.457 e. The van der Waals surface area contributed by atoms with Gasteiger partial charge in [0, 0.05) is 0 Å². The zero-order valence-electron chi connectivity index (χ0n) is 14.3. The molecule has 1 N–H and O–H groups in total. The molecule has 4 rings (SSSR count). The molecule has 0 bridgehead atoms. The summed E-state index contributed by atoms with van der Waals surface area (Å²) in [5.41, 5.74) is 1.70. The Morgan fingerprint density at radius 2 is 1.56 bits per heavy atom. The molecule has 1 fully saturated rings. The number of amidine groups is 1. The third-order valence-electron chi connectivity index (χ3n) is 3.77. The second-order valence-corrected chi connectivity index (χ2v) is 6.84. The number of aliphatic imine (C=N–C) groups is 1. The minimum absolute atomic E-state index is 0.149. The van der Waals surface area contributed by atoms with Gasteiger partial charge in [-0.15, -0.1) is 0 Å². The van der Waals surface area contributed by atoms with Crippen LogP contribution >= 0.6 is 11.8 Å². The molecule has 1 aliphatic rings. The molecular formula is C22H16N2O2S. The summed E-state index contributed by atoms with van der Waals surface area (Å²) in [6, 6.07) is 26.8. The normalized spacial score (nSPS) is 16.5. The molecule has 1 heterocycles. The van der Waals surface area contributed by atoms with Crippen molar-refractivity contribution < 1.29 is 9.53 Å². The van der Waals surface area contributed by atoms with E-state index in [4.69, 9.17) is 4.74 Å². The summed E-state index contributed by atoms with van der Waals surface area (Å²) in [4.78, 5) is 17.3. The third-order valence-corrected chi connectivity index (χ3v) is 4.68. The van der Waals surface area contributed by atoms with Crippen LogP contribution in [0.1, 0.15) is 5.56 Å². The quantitative estimate of drug-likeness (QED) is 0.626. The average molecular weight is 372 g/mol. The molecule has 0 aliphatic carbocycles. The van der Waals surface area contributed by atoms with Crippen molar-refractivity contribution in [3.05, 3.63) is 95.4 Å². The number of ether oxygens (including phenoxy) is 1. The number of hydrogen-bond acceptors (Lipinski definition) is 4. The molecule has 3 aromatic rings. The van der Waals surface area contributed by atoms with Gasteiger partial charge < -0.3 is 10.1 Å². The van der Waals surface area contributed by atoms with Crippen LogP contribution in [0.25, 0.3) is 6.08 Å². The number of carbonyl (C=O) groups is 1. The lowest BCUT2D eigenvalue weighted by Crippen LogP contribution is -2.19. The van der Waals surface area contributed by atoms with E-state index in [2.05, 4.69) is 10.3 Å². The number of rotatable bonds is 4. The van der Waals surface area contributed by atoms with Crippen molar-refractivity contribution in [1.82, 2.24) is 5.32 Å². The molecule has 0 spiro atoms. The topological polar surface area (TPSA) is 50.7 Å². The van der Waals surface area contributed by atoms with E-state index in [1.54, 1.807) is 0 Å². The number of amides is 1. The van der Waals surface area contributed by atoms with E-state index in [0.717, 1.165) is 22.7 Å². The highest BCUT2D eigenvalue weighted by Crippen LogP contribution is 2.29. The van der Waals surface area contributed by atoms with Crippen molar-refractivity contribution in [1.29, 1.82) is 0 Å². The lowest BCUT2D eigenvalue weighted by atomic mass is 10.2. The molecule has 0 saturated carbocycles. The Kier molecular flexibility index (Phi) is 5.03. The first-order chi connectivity index (χ1) is 13.3. The van der Waals surface area contributed by atoms with Crippen LogP contribution in [0, 0.1) is 0 Å². The molecule has 4 nitrogen and oxygen atoms in total. The Bertz CT molecular complexity index is 1010. The number of hydrogen-bond donors (Lipinski definition) is 1. The maximum Gasteiger partial charge on any atom is 0.264 e. The van der Waals surface area contributed by atoms with Crippen molar-refractivity contribution in [2.75, 3.05) is 0 Å². The maximum absolute atomic E-state index is 12.2. The Morgan fingerprint density at radius 3 is 2.33 bits per heavy atom. The van der Waals surface area contributed by atoms with Crippen LogP contribution in [-0.2, 0) is 4.79 Å². The molecule has 1 saturated heterocycles. The SMILES string of the molecule is O=C1NC(=Nc2ccccc2)SC1=Cc1cccc(Oc2ccccc2)c1. The summed E-state index contributed by atoms with van der Waals surface area (Å²) in [7, 11) is 0. The summed E-state index contributed by atoms with van der Waals surface area (Å²) in [5.74, 6) is 1.34. The summed E-state index contributed by atoms with van der Waals surface area (Å²) in [5, 5.41) is 3.38. The molecule has 132 valence electrons. The highest BCUT2D eigenvalue weighted by atomic mass is 32.2. The number of para-hydroxylation sites is 2. The van der Waals surface area contributed by atoms with Crippen LogP contribution < -0.4 is 10.1 Å². The number of nitrogens with one attached hydrogen (secondary N) is 1. The number of thioether (sulfide) groups is 1. The third kappa shape index (κ3) is 4.46. The van der Waals surface area contributed by atoms with Gasteiger partial charge >= 0.3 is 0 Å². The van der Waals surface area contributed by atoms with Crippen molar-refractivity contribution in [2.45, 2.75) is 0 Å². The molecule has 1 amide bonds. The van der Waals surface area contributed by atoms with E-state index in [1.165, 1.54) is 11.8 Å². The van der Waals surface area contributed by atoms with Crippen LogP contribution in [0.4, 0.5) is 5.69 Å². The van der Waals surface area contributed by atoms with Crippen LogP contribution in [0.5, 0.6) is 11.5 Å². The van der Waals surface area contributed by atoms with Crippen LogP contribution in [0.3, 0.4) is 0 Å². The first kappa shape index (κ1) is 17.1. The minimum atomic E-state index is -0.149. The zero-order chi connectivity index (χ0) is 18.5. The standard InChI is InChI=1S/C22H16N2O2S/c25-21-20(27-22(24-21)23-17-9-3-1-4-10-17)15-16-8-7-13-19(14-16)26-18-11-5-2-6-12-18/h1-15H,(H,23,24,25). The van der Waals surface area contributed by atoms with Crippen molar-refractivity contribution >= 4 is 34.6 Å². The molecule has 0 radical (unpaired) electrons. The van der Waals surface area contributed by atoms with E-state index < -0.39 is 0 Å². The van der Waals surface area contributed by atoms with Gasteiger partial charge in [-0.2, -0.15) is 0 Å². The van der Waals surface area contributed by atoms with Crippen molar-refractivity contribution in [2.24, 2.45) is 4.99 Å². The first-order valence-corrected chi connectivity index (χ1v) is 9.25. The van der Waals surface area contributed by atoms with Gasteiger partial charge in [-0.3, -0.25) is 4.79 Å². The molecular weight excluding hydrogens is 356 g/mol. The summed E-state index contributed by atoms with van der Waals surface area (Å²) < 4.78 is 5.85. The van der Waals surface area contributed by atoms with E-state index in [0.29, 0.717) is 10.1 Å². The highest BCUT2D eigenvalue weighted by molar-refractivity contribution is 8.18. The fourth-order valence-corrected chi connectivity index (χ4v) is 3.39. The maximum atomic E-state index is 12.2. The number of carbonyl (C=O) groups excluding carboxylic acids is 1. The molecule has 0 aromatic heterocycles. The summed E-state index contributed by atoms with van der Waals surface area (Å²) in [6.45, 7) is 0. The van der Waals surface area contributed by atoms with Gasteiger partial charge in [0.05, 0.1) is 10.6 Å². The molecule has 5 heteroatoms. The van der Waals surface area contributed by atoms with Gasteiger partial charge in [-0.25, -0.2) is 4.99 Å². The van der Waals surface area contributed by atoms with Gasteiger partial charge in [-0.05, 0) is 59.8 Å². The fraction of sp³-hybridized carbons (Fsp3) is 0. The van der Waals surface area contributed by atoms with Crippen LogP contribution in [0.2, 0.25) is 0 Å². The summed E-state index contributed by atoms with van der Waals surface area (Å²) >= 11 is 1.33. The lowest BCUT2D eigenvalue weighted by molar-refractivity contribution is -0.115. The highest BCUT2D eigenvalue weighted by Gasteiger charge is 2.23. The van der Waals surface area contributed by atoms with Crippen molar-refractivity contribution in [3.63, 3.8) is 0 Å². The molecule has 0 unspecified atom stereocenters. The molecule has 27 heavy (non-hydrogen) atoms. The van der Waals surface area contributed by atoms with E-state index in [-0.39, 0.29) is 5.91 Å². The Labute approximate surface area is 161 Å². The second-order valence-electron chi connectivity index (χ2n) is 5.80. The van der Waals surface area contributed by atoms with Gasteiger partial charge in [0.15, 0.2) is 5.17 Å². The minimum Gasteiger partial charge on any atom is -0.457 e. The van der Waals surface area contributed by atoms with Gasteiger partial charge in [0.25, 0.3) is 5.91 Å². The van der Waals surface area contributed by atoms with Gasteiger partial charge in [0.2, 0.25) is 0 Å². The van der Waals surface area contributed by atoms with Crippen LogP contribution in [0.15, 0.2) is 94.8 Å². The Balaban J connectivity index is 1.52. The van der Waals surface area contributed by atoms with Gasteiger partial charge in [-0.1, -0.05) is 48.5 Å². The predicted octanol–water partition coefficient (Wildman–Crippen LogP) is 5.37. The molecule has 1 aliphatic heterocycles. The number of benzene rings is 3. The van der Waals surface area contributed by atoms with Crippen molar-refractivity contribution in [3.8, 4) is 11.5 Å². The Morgan fingerprint density at radius 1 is 0.852 bits per heavy atom. The second kappa shape index (κ2) is 7.93. The summed E-state index contributed by atoms with van der Waals surface area (Å²) in [6.07, 6.45) is 1.84.